The molecule has 1 N–H and O–H groups in total. The summed E-state index contributed by atoms with van der Waals surface area (Å²) in [6, 6.07) is 3.12. The van der Waals surface area contributed by atoms with E-state index in [1.165, 1.54) is 13.1 Å². The topological polar surface area (TPSA) is 94.3 Å². The van der Waals surface area contributed by atoms with Crippen LogP contribution in [0.2, 0.25) is 0 Å². The molecule has 21 heavy (non-hydrogen) atoms. The summed E-state index contributed by atoms with van der Waals surface area (Å²) in [5, 5.41) is 6.11. The van der Waals surface area contributed by atoms with Gasteiger partial charge in [-0.3, -0.25) is 9.78 Å². The molecule has 1 atom stereocenters. The van der Waals surface area contributed by atoms with E-state index in [0.29, 0.717) is 10.2 Å². The van der Waals surface area contributed by atoms with Crippen molar-refractivity contribution >= 4 is 33.6 Å². The predicted molar refractivity (Wildman–Crippen MR) is 76.7 cm³/mol. The Bertz CT molecular complexity index is 671. The van der Waals surface area contributed by atoms with Gasteiger partial charge in [0.15, 0.2) is 11.9 Å². The molecule has 0 fully saturated rings. The number of aromatic nitrogens is 2. The van der Waals surface area contributed by atoms with Crippen LogP contribution < -0.4 is 5.32 Å². The van der Waals surface area contributed by atoms with Crippen LogP contribution in [0.4, 0.5) is 5.82 Å². The highest BCUT2D eigenvalue weighted by atomic mass is 79.9. The number of ether oxygens (including phenoxy) is 1. The van der Waals surface area contributed by atoms with Crippen molar-refractivity contribution < 1.29 is 18.8 Å². The molecule has 0 aliphatic rings. The van der Waals surface area contributed by atoms with E-state index in [1.807, 2.05) is 0 Å². The summed E-state index contributed by atoms with van der Waals surface area (Å²) in [5.74, 6) is -0.304. The van der Waals surface area contributed by atoms with E-state index in [2.05, 4.69) is 31.4 Å². The first-order valence-corrected chi connectivity index (χ1v) is 6.80. The lowest BCUT2D eigenvalue weighted by atomic mass is 10.3. The molecule has 0 aromatic carbocycles. The van der Waals surface area contributed by atoms with E-state index in [-0.39, 0.29) is 11.4 Å². The Balaban J connectivity index is 1.95. The van der Waals surface area contributed by atoms with E-state index in [1.54, 1.807) is 25.3 Å². The van der Waals surface area contributed by atoms with Crippen molar-refractivity contribution in [3.8, 4) is 0 Å². The molecule has 0 aliphatic carbocycles. The summed E-state index contributed by atoms with van der Waals surface area (Å²) in [4.78, 5) is 27.6. The summed E-state index contributed by atoms with van der Waals surface area (Å²) in [6.07, 6.45) is 1.92. The fourth-order valence-corrected chi connectivity index (χ4v) is 1.82. The van der Waals surface area contributed by atoms with Crippen LogP contribution >= 0.6 is 15.9 Å². The molecular weight excluding hydrogens is 342 g/mol. The Hall–Kier alpha value is -2.22. The fraction of sp³-hybridized carbons (Fsp3) is 0.231. The summed E-state index contributed by atoms with van der Waals surface area (Å²) in [5.41, 5.74) is 0.251. The fourth-order valence-electron chi connectivity index (χ4n) is 1.46. The Morgan fingerprint density at radius 2 is 2.14 bits per heavy atom. The third kappa shape index (κ3) is 4.12. The molecule has 0 aliphatic heterocycles. The van der Waals surface area contributed by atoms with Crippen LogP contribution in [0.1, 0.15) is 23.0 Å². The molecule has 0 bridgehead atoms. The van der Waals surface area contributed by atoms with Gasteiger partial charge >= 0.3 is 5.97 Å². The smallest absolute Gasteiger partial charge is 0.340 e. The number of anilines is 1. The third-order valence-electron chi connectivity index (χ3n) is 2.47. The van der Waals surface area contributed by atoms with E-state index < -0.39 is 18.0 Å². The van der Waals surface area contributed by atoms with Gasteiger partial charge in [-0.2, -0.15) is 0 Å². The number of rotatable bonds is 4. The number of amides is 1. The molecule has 8 heteroatoms. The maximum absolute atomic E-state index is 11.9. The van der Waals surface area contributed by atoms with Gasteiger partial charge in [0.25, 0.3) is 5.91 Å². The number of nitrogens with zero attached hydrogens (tertiary/aromatic N) is 2. The zero-order valence-corrected chi connectivity index (χ0v) is 12.9. The van der Waals surface area contributed by atoms with Crippen molar-refractivity contribution in [1.29, 1.82) is 0 Å². The second-order valence-corrected chi connectivity index (χ2v) is 5.17. The van der Waals surface area contributed by atoms with E-state index in [9.17, 15) is 9.59 Å². The van der Waals surface area contributed by atoms with Crippen LogP contribution in [0.5, 0.6) is 0 Å². The van der Waals surface area contributed by atoms with Gasteiger partial charge in [0.1, 0.15) is 5.76 Å². The number of hydrogen-bond acceptors (Lipinski definition) is 6. The van der Waals surface area contributed by atoms with Crippen LogP contribution in [0.15, 0.2) is 33.5 Å². The molecule has 0 spiro atoms. The van der Waals surface area contributed by atoms with Gasteiger partial charge in [0, 0.05) is 22.9 Å². The monoisotopic (exact) mass is 353 g/mol. The Morgan fingerprint density at radius 1 is 1.38 bits per heavy atom. The molecule has 0 saturated heterocycles. The van der Waals surface area contributed by atoms with Crippen molar-refractivity contribution in [3.63, 3.8) is 0 Å². The minimum Gasteiger partial charge on any atom is -0.449 e. The molecule has 2 heterocycles. The van der Waals surface area contributed by atoms with Crippen LogP contribution in [0, 0.1) is 6.92 Å². The van der Waals surface area contributed by atoms with Gasteiger partial charge in [0.05, 0.1) is 5.56 Å². The number of halogens is 1. The number of nitrogens with one attached hydrogen (secondary N) is 1. The standard InChI is InChI=1S/C13H12BrN3O4/c1-7-3-11(17-21-7)16-12(18)8(2)20-13(19)9-4-10(14)6-15-5-9/h3-6,8H,1-2H3,(H,16,17,18). The predicted octanol–water partition coefficient (Wildman–Crippen LogP) is 2.32. The molecule has 1 amide bonds. The van der Waals surface area contributed by atoms with Gasteiger partial charge in [-0.1, -0.05) is 5.16 Å². The van der Waals surface area contributed by atoms with Gasteiger partial charge in [-0.15, -0.1) is 0 Å². The third-order valence-corrected chi connectivity index (χ3v) is 2.91. The summed E-state index contributed by atoms with van der Waals surface area (Å²) in [6.45, 7) is 3.16. The summed E-state index contributed by atoms with van der Waals surface area (Å²) < 4.78 is 10.5. The Morgan fingerprint density at radius 3 is 2.76 bits per heavy atom. The quantitative estimate of drug-likeness (QED) is 0.847. The van der Waals surface area contributed by atoms with E-state index >= 15 is 0 Å². The SMILES string of the molecule is Cc1cc(NC(=O)C(C)OC(=O)c2cncc(Br)c2)no1. The average Bonchev–Trinajstić information content (AvgIpc) is 2.84. The maximum Gasteiger partial charge on any atom is 0.340 e. The number of aryl methyl sites for hydroxylation is 1. The first-order valence-electron chi connectivity index (χ1n) is 6.01. The minimum atomic E-state index is -0.978. The number of pyridine rings is 1. The second-order valence-electron chi connectivity index (χ2n) is 4.25. The van der Waals surface area contributed by atoms with Crippen molar-refractivity contribution in [2.45, 2.75) is 20.0 Å². The Labute approximate surface area is 128 Å². The van der Waals surface area contributed by atoms with E-state index in [4.69, 9.17) is 9.26 Å². The highest BCUT2D eigenvalue weighted by molar-refractivity contribution is 9.10. The Kier molecular flexibility index (Phi) is 4.69. The molecule has 0 radical (unpaired) electrons. The second kappa shape index (κ2) is 6.49. The highest BCUT2D eigenvalue weighted by Crippen LogP contribution is 2.12. The molecule has 110 valence electrons. The number of hydrogen-bond donors (Lipinski definition) is 1. The van der Waals surface area contributed by atoms with E-state index in [0.717, 1.165) is 0 Å². The molecule has 0 saturated carbocycles. The van der Waals surface area contributed by atoms with Crippen molar-refractivity contribution in [2.75, 3.05) is 5.32 Å². The number of carbonyl (C=O) groups is 2. The molecule has 2 aromatic heterocycles. The summed E-state index contributed by atoms with van der Waals surface area (Å²) in [7, 11) is 0. The lowest BCUT2D eigenvalue weighted by Gasteiger charge is -2.12. The first kappa shape index (κ1) is 15.2. The zero-order valence-electron chi connectivity index (χ0n) is 11.3. The molecule has 2 aromatic rings. The molecule has 7 nitrogen and oxygen atoms in total. The van der Waals surface area contributed by atoms with Crippen LogP contribution in [0.3, 0.4) is 0 Å². The van der Waals surface area contributed by atoms with Gasteiger partial charge < -0.3 is 14.6 Å². The lowest BCUT2D eigenvalue weighted by Crippen LogP contribution is -2.30. The van der Waals surface area contributed by atoms with Crippen molar-refractivity contribution in [1.82, 2.24) is 10.1 Å². The van der Waals surface area contributed by atoms with Gasteiger partial charge in [-0.25, -0.2) is 4.79 Å². The molecule has 2 rings (SSSR count). The zero-order chi connectivity index (χ0) is 15.4. The van der Waals surface area contributed by atoms with Crippen LogP contribution in [-0.4, -0.2) is 28.1 Å². The highest BCUT2D eigenvalue weighted by Gasteiger charge is 2.20. The number of esters is 1. The van der Waals surface area contributed by atoms with Crippen LogP contribution in [0.25, 0.3) is 0 Å². The van der Waals surface area contributed by atoms with Crippen LogP contribution in [-0.2, 0) is 9.53 Å². The summed E-state index contributed by atoms with van der Waals surface area (Å²) >= 11 is 3.20. The minimum absolute atomic E-state index is 0.251. The normalized spacial score (nSPS) is 11.8. The lowest BCUT2D eigenvalue weighted by molar-refractivity contribution is -0.123. The first-order chi connectivity index (χ1) is 9.95. The number of carbonyl (C=O) groups excluding carboxylic acids is 2. The molecular formula is C13H12BrN3O4. The van der Waals surface area contributed by atoms with Gasteiger partial charge in [0.2, 0.25) is 0 Å². The van der Waals surface area contributed by atoms with Crippen molar-refractivity contribution in [2.24, 2.45) is 0 Å². The largest absolute Gasteiger partial charge is 0.449 e. The van der Waals surface area contributed by atoms with Crippen molar-refractivity contribution in [3.05, 3.63) is 40.3 Å². The average molecular weight is 354 g/mol. The maximum atomic E-state index is 11.9. The van der Waals surface area contributed by atoms with Gasteiger partial charge in [-0.05, 0) is 35.8 Å². The molecule has 1 unspecified atom stereocenters.